The van der Waals surface area contributed by atoms with Gasteiger partial charge in [0.1, 0.15) is 0 Å². The van der Waals surface area contributed by atoms with E-state index >= 15 is 0 Å². The fourth-order valence-electron chi connectivity index (χ4n) is 3.58. The smallest absolute Gasteiger partial charge is 0.254 e. The molecule has 0 spiro atoms. The fraction of sp³-hybridized carbons (Fsp3) is 0.250. The minimum atomic E-state index is 0.128. The quantitative estimate of drug-likeness (QED) is 0.673. The number of hydrogen-bond acceptors (Lipinski definition) is 1. The molecule has 3 heteroatoms. The molecule has 2 heterocycles. The second kappa shape index (κ2) is 5.27. The Bertz CT molecular complexity index is 890. The highest BCUT2D eigenvalue weighted by molar-refractivity contribution is 5.95. The Morgan fingerprint density at radius 2 is 1.78 bits per heavy atom. The third kappa shape index (κ3) is 2.24. The molecule has 116 valence electrons. The van der Waals surface area contributed by atoms with Crippen molar-refractivity contribution in [2.45, 2.75) is 19.9 Å². The van der Waals surface area contributed by atoms with Crippen LogP contribution < -0.4 is 0 Å². The van der Waals surface area contributed by atoms with Crippen LogP contribution in [-0.2, 0) is 20.0 Å². The summed E-state index contributed by atoms with van der Waals surface area (Å²) in [7, 11) is 2.12. The number of carbonyl (C=O) groups is 1. The monoisotopic (exact) mass is 304 g/mol. The predicted octanol–water partition coefficient (Wildman–Crippen LogP) is 3.69. The van der Waals surface area contributed by atoms with E-state index in [2.05, 4.69) is 35.9 Å². The van der Waals surface area contributed by atoms with Crippen molar-refractivity contribution in [3.63, 3.8) is 0 Å². The number of fused-ring (bicyclic) bond motifs is 3. The summed E-state index contributed by atoms with van der Waals surface area (Å²) < 4.78 is 2.28. The summed E-state index contributed by atoms with van der Waals surface area (Å²) in [6.07, 6.45) is 0.915. The molecule has 0 unspecified atom stereocenters. The van der Waals surface area contributed by atoms with Gasteiger partial charge in [0.05, 0.1) is 0 Å². The van der Waals surface area contributed by atoms with Gasteiger partial charge in [0.15, 0.2) is 0 Å². The summed E-state index contributed by atoms with van der Waals surface area (Å²) in [6.45, 7) is 3.52. The van der Waals surface area contributed by atoms with Crippen molar-refractivity contribution in [3.05, 3.63) is 70.9 Å². The van der Waals surface area contributed by atoms with Crippen LogP contribution in [0.4, 0.5) is 0 Å². The Kier molecular flexibility index (Phi) is 3.22. The maximum Gasteiger partial charge on any atom is 0.254 e. The van der Waals surface area contributed by atoms with Gasteiger partial charge in [-0.2, -0.15) is 0 Å². The minimum Gasteiger partial charge on any atom is -0.347 e. The topological polar surface area (TPSA) is 25.2 Å². The normalized spacial score (nSPS) is 14.1. The molecule has 1 aliphatic heterocycles. The van der Waals surface area contributed by atoms with Crippen LogP contribution in [0, 0.1) is 6.92 Å². The van der Waals surface area contributed by atoms with Gasteiger partial charge in [-0.25, -0.2) is 0 Å². The number of para-hydroxylation sites is 1. The first kappa shape index (κ1) is 14.1. The number of aryl methyl sites for hydroxylation is 2. The van der Waals surface area contributed by atoms with Gasteiger partial charge in [-0.05, 0) is 25.1 Å². The van der Waals surface area contributed by atoms with Gasteiger partial charge in [-0.1, -0.05) is 35.9 Å². The summed E-state index contributed by atoms with van der Waals surface area (Å²) in [5.74, 6) is 0.128. The highest BCUT2D eigenvalue weighted by Gasteiger charge is 2.26. The van der Waals surface area contributed by atoms with Crippen molar-refractivity contribution in [3.8, 4) is 0 Å². The Labute approximate surface area is 136 Å². The summed E-state index contributed by atoms with van der Waals surface area (Å²) in [6, 6.07) is 16.3. The largest absolute Gasteiger partial charge is 0.347 e. The van der Waals surface area contributed by atoms with E-state index in [1.54, 1.807) is 0 Å². The molecule has 0 N–H and O–H groups in total. The molecule has 4 rings (SSSR count). The molecule has 0 saturated heterocycles. The lowest BCUT2D eigenvalue weighted by Gasteiger charge is -2.28. The Hall–Kier alpha value is -2.55. The van der Waals surface area contributed by atoms with Gasteiger partial charge in [0.2, 0.25) is 0 Å². The average molecular weight is 304 g/mol. The van der Waals surface area contributed by atoms with E-state index in [9.17, 15) is 4.79 Å². The highest BCUT2D eigenvalue weighted by Crippen LogP contribution is 2.30. The molecule has 3 nitrogen and oxygen atoms in total. The van der Waals surface area contributed by atoms with Gasteiger partial charge in [-0.3, -0.25) is 4.79 Å². The first-order valence-corrected chi connectivity index (χ1v) is 8.06. The van der Waals surface area contributed by atoms with Crippen LogP contribution in [-0.4, -0.2) is 21.9 Å². The lowest BCUT2D eigenvalue weighted by molar-refractivity contribution is 0.0734. The first-order chi connectivity index (χ1) is 11.1. The van der Waals surface area contributed by atoms with Gasteiger partial charge < -0.3 is 9.47 Å². The molecule has 0 saturated carbocycles. The zero-order chi connectivity index (χ0) is 16.0. The average Bonchev–Trinajstić information content (AvgIpc) is 2.88. The summed E-state index contributed by atoms with van der Waals surface area (Å²) in [4.78, 5) is 14.8. The molecule has 0 atom stereocenters. The molecule has 3 aromatic rings. The van der Waals surface area contributed by atoms with Crippen molar-refractivity contribution in [1.82, 2.24) is 9.47 Å². The van der Waals surface area contributed by atoms with Crippen molar-refractivity contribution < 1.29 is 4.79 Å². The maximum absolute atomic E-state index is 12.8. The van der Waals surface area contributed by atoms with Crippen LogP contribution in [0.1, 0.15) is 27.2 Å². The number of hydrogen-bond donors (Lipinski definition) is 0. The zero-order valence-corrected chi connectivity index (χ0v) is 13.5. The van der Waals surface area contributed by atoms with Crippen molar-refractivity contribution in [2.24, 2.45) is 7.05 Å². The molecule has 1 aliphatic rings. The Balaban J connectivity index is 1.70. The van der Waals surface area contributed by atoms with Crippen molar-refractivity contribution >= 4 is 16.8 Å². The van der Waals surface area contributed by atoms with Gasteiger partial charge in [-0.15, -0.1) is 0 Å². The van der Waals surface area contributed by atoms with E-state index in [1.165, 1.54) is 27.7 Å². The molecular formula is C20H20N2O. The van der Waals surface area contributed by atoms with E-state index in [4.69, 9.17) is 0 Å². The number of carbonyl (C=O) groups excluding carboxylic acids is 1. The molecule has 0 fully saturated rings. The minimum absolute atomic E-state index is 0.128. The first-order valence-electron chi connectivity index (χ1n) is 8.06. The number of benzene rings is 2. The predicted molar refractivity (Wildman–Crippen MR) is 92.5 cm³/mol. The summed E-state index contributed by atoms with van der Waals surface area (Å²) >= 11 is 0. The number of nitrogens with zero attached hydrogens (tertiary/aromatic N) is 2. The van der Waals surface area contributed by atoms with Crippen LogP contribution in [0.3, 0.4) is 0 Å². The third-order valence-corrected chi connectivity index (χ3v) is 4.90. The summed E-state index contributed by atoms with van der Waals surface area (Å²) in [5.41, 5.74) is 5.87. The number of amides is 1. The van der Waals surface area contributed by atoms with E-state index in [-0.39, 0.29) is 5.91 Å². The molecular weight excluding hydrogens is 284 g/mol. The SMILES string of the molecule is Cc1ccc(C(=O)N2CCc3c(c4ccccc4n3C)C2)cc1. The molecule has 2 aromatic carbocycles. The molecule has 0 aliphatic carbocycles. The maximum atomic E-state index is 12.8. The standard InChI is InChI=1S/C20H20N2O/c1-14-7-9-15(10-8-14)20(23)22-12-11-19-17(13-22)16-5-3-4-6-18(16)21(19)2/h3-10H,11-13H2,1-2H3. The molecule has 1 aromatic heterocycles. The second-order valence-electron chi connectivity index (χ2n) is 6.34. The fourth-order valence-corrected chi connectivity index (χ4v) is 3.58. The third-order valence-electron chi connectivity index (χ3n) is 4.90. The Morgan fingerprint density at radius 1 is 1.04 bits per heavy atom. The number of aromatic nitrogens is 1. The molecule has 23 heavy (non-hydrogen) atoms. The summed E-state index contributed by atoms with van der Waals surface area (Å²) in [5, 5.41) is 1.27. The van der Waals surface area contributed by atoms with Gasteiger partial charge in [0, 0.05) is 54.3 Å². The van der Waals surface area contributed by atoms with E-state index in [0.717, 1.165) is 18.5 Å². The number of rotatable bonds is 1. The van der Waals surface area contributed by atoms with Crippen LogP contribution in [0.2, 0.25) is 0 Å². The lowest BCUT2D eigenvalue weighted by atomic mass is 10.0. The lowest BCUT2D eigenvalue weighted by Crippen LogP contribution is -2.36. The zero-order valence-electron chi connectivity index (χ0n) is 13.5. The van der Waals surface area contributed by atoms with Crippen LogP contribution >= 0.6 is 0 Å². The van der Waals surface area contributed by atoms with Crippen LogP contribution in [0.15, 0.2) is 48.5 Å². The Morgan fingerprint density at radius 3 is 2.57 bits per heavy atom. The van der Waals surface area contributed by atoms with E-state index < -0.39 is 0 Å². The van der Waals surface area contributed by atoms with Gasteiger partial charge in [0.25, 0.3) is 5.91 Å². The van der Waals surface area contributed by atoms with Crippen molar-refractivity contribution in [2.75, 3.05) is 6.54 Å². The highest BCUT2D eigenvalue weighted by atomic mass is 16.2. The van der Waals surface area contributed by atoms with Crippen molar-refractivity contribution in [1.29, 1.82) is 0 Å². The second-order valence-corrected chi connectivity index (χ2v) is 6.34. The van der Waals surface area contributed by atoms with Gasteiger partial charge >= 0.3 is 0 Å². The van der Waals surface area contributed by atoms with Crippen LogP contribution in [0.25, 0.3) is 10.9 Å². The van der Waals surface area contributed by atoms with Crippen LogP contribution in [0.5, 0.6) is 0 Å². The molecule has 0 radical (unpaired) electrons. The van der Waals surface area contributed by atoms with E-state index in [0.29, 0.717) is 6.54 Å². The molecule has 0 bridgehead atoms. The van der Waals surface area contributed by atoms with E-state index in [1.807, 2.05) is 36.1 Å². The molecule has 1 amide bonds.